The van der Waals surface area contributed by atoms with Crippen LogP contribution in [0.5, 0.6) is 0 Å². The van der Waals surface area contributed by atoms with Gasteiger partial charge in [0.05, 0.1) is 0 Å². The van der Waals surface area contributed by atoms with E-state index in [0.29, 0.717) is 23.4 Å². The van der Waals surface area contributed by atoms with Crippen LogP contribution in [0.25, 0.3) is 0 Å². The summed E-state index contributed by atoms with van der Waals surface area (Å²) in [6.45, 7) is 2.45. The molecule has 0 heterocycles. The van der Waals surface area contributed by atoms with Crippen molar-refractivity contribution in [1.82, 2.24) is 10.6 Å². The minimum Gasteiger partial charge on any atom is -0.348 e. The van der Waals surface area contributed by atoms with Crippen LogP contribution in [-0.2, 0) is 6.54 Å². The number of anilines is 1. The zero-order valence-corrected chi connectivity index (χ0v) is 19.2. The molecule has 30 heavy (non-hydrogen) atoms. The quantitative estimate of drug-likeness (QED) is 0.333. The second kappa shape index (κ2) is 10.3. The molecular formula is C23H20IN3O2S. The van der Waals surface area contributed by atoms with Gasteiger partial charge in [-0.2, -0.15) is 0 Å². The molecule has 0 spiro atoms. The van der Waals surface area contributed by atoms with Crippen LogP contribution in [0.1, 0.15) is 31.8 Å². The highest BCUT2D eigenvalue weighted by Gasteiger charge is 2.10. The van der Waals surface area contributed by atoms with Gasteiger partial charge in [0.2, 0.25) is 0 Å². The average Bonchev–Trinajstić information content (AvgIpc) is 2.75. The third-order valence-electron chi connectivity index (χ3n) is 4.36. The predicted molar refractivity (Wildman–Crippen MR) is 132 cm³/mol. The maximum atomic E-state index is 12.3. The summed E-state index contributed by atoms with van der Waals surface area (Å²) in [4.78, 5) is 24.6. The number of hydrogen-bond donors (Lipinski definition) is 3. The Labute approximate surface area is 194 Å². The molecule has 152 valence electrons. The Morgan fingerprint density at radius 2 is 1.57 bits per heavy atom. The fourth-order valence-electron chi connectivity index (χ4n) is 2.66. The molecule has 5 nitrogen and oxygen atoms in total. The first-order chi connectivity index (χ1) is 14.4. The first-order valence-corrected chi connectivity index (χ1v) is 10.7. The second-order valence-corrected chi connectivity index (χ2v) is 8.19. The standard InChI is InChI=1S/C23H20IN3O2S/c1-15-7-8-18(13-20(15)24)22(29)27-23(30)26-19-11-9-17(10-12-19)21(28)25-14-16-5-3-2-4-6-16/h2-13H,14H2,1H3,(H,25,28)(H2,26,27,29,30). The van der Waals surface area contributed by atoms with Crippen molar-refractivity contribution in [1.29, 1.82) is 0 Å². The first kappa shape index (κ1) is 21.9. The lowest BCUT2D eigenvalue weighted by molar-refractivity contribution is 0.0948. The number of hydrogen-bond acceptors (Lipinski definition) is 3. The van der Waals surface area contributed by atoms with Gasteiger partial charge in [-0.05, 0) is 89.3 Å². The molecule has 0 aromatic heterocycles. The van der Waals surface area contributed by atoms with Crippen molar-refractivity contribution >= 4 is 57.4 Å². The van der Waals surface area contributed by atoms with E-state index in [1.54, 1.807) is 30.3 Å². The zero-order chi connectivity index (χ0) is 21.5. The number of rotatable bonds is 5. The van der Waals surface area contributed by atoms with Gasteiger partial charge >= 0.3 is 0 Å². The molecule has 0 saturated heterocycles. The largest absolute Gasteiger partial charge is 0.348 e. The molecule has 0 unspecified atom stereocenters. The number of thiocarbonyl (C=S) groups is 1. The van der Waals surface area contributed by atoms with Gasteiger partial charge in [-0.3, -0.25) is 14.9 Å². The Kier molecular flexibility index (Phi) is 7.53. The van der Waals surface area contributed by atoms with Crippen molar-refractivity contribution in [2.75, 3.05) is 5.32 Å². The molecule has 3 aromatic carbocycles. The fourth-order valence-corrected chi connectivity index (χ4v) is 3.38. The fraction of sp³-hybridized carbons (Fsp3) is 0.0870. The maximum absolute atomic E-state index is 12.3. The number of benzene rings is 3. The number of aryl methyl sites for hydroxylation is 1. The van der Waals surface area contributed by atoms with Crippen LogP contribution in [0.15, 0.2) is 72.8 Å². The molecule has 3 aromatic rings. The summed E-state index contributed by atoms with van der Waals surface area (Å²) in [7, 11) is 0. The minimum atomic E-state index is -0.276. The minimum absolute atomic E-state index is 0.157. The average molecular weight is 529 g/mol. The lowest BCUT2D eigenvalue weighted by Gasteiger charge is -2.11. The topological polar surface area (TPSA) is 70.2 Å². The Bertz CT molecular complexity index is 1070. The summed E-state index contributed by atoms with van der Waals surface area (Å²) < 4.78 is 1.01. The van der Waals surface area contributed by atoms with Crippen LogP contribution >= 0.6 is 34.8 Å². The van der Waals surface area contributed by atoms with Crippen molar-refractivity contribution < 1.29 is 9.59 Å². The number of halogens is 1. The zero-order valence-electron chi connectivity index (χ0n) is 16.2. The molecule has 0 saturated carbocycles. The van der Waals surface area contributed by atoms with Gasteiger partial charge in [-0.15, -0.1) is 0 Å². The lowest BCUT2D eigenvalue weighted by atomic mass is 10.1. The Morgan fingerprint density at radius 1 is 0.900 bits per heavy atom. The second-order valence-electron chi connectivity index (χ2n) is 6.62. The van der Waals surface area contributed by atoms with E-state index in [0.717, 1.165) is 14.7 Å². The summed E-state index contributed by atoms with van der Waals surface area (Å²) >= 11 is 7.42. The number of amides is 2. The van der Waals surface area contributed by atoms with Gasteiger partial charge in [0.1, 0.15) is 0 Å². The Morgan fingerprint density at radius 3 is 2.23 bits per heavy atom. The number of carbonyl (C=O) groups is 2. The molecule has 0 fully saturated rings. The van der Waals surface area contributed by atoms with E-state index in [2.05, 4.69) is 38.5 Å². The first-order valence-electron chi connectivity index (χ1n) is 9.23. The predicted octanol–water partition coefficient (Wildman–Crippen LogP) is 4.66. The van der Waals surface area contributed by atoms with E-state index in [1.807, 2.05) is 49.4 Å². The van der Waals surface area contributed by atoms with Crippen molar-refractivity contribution in [3.8, 4) is 0 Å². The Hall–Kier alpha value is -2.78. The molecule has 0 atom stereocenters. The SMILES string of the molecule is Cc1ccc(C(=O)NC(=S)Nc2ccc(C(=O)NCc3ccccc3)cc2)cc1I. The van der Waals surface area contributed by atoms with Gasteiger partial charge in [0.15, 0.2) is 5.11 Å². The van der Waals surface area contributed by atoms with E-state index in [1.165, 1.54) is 0 Å². The van der Waals surface area contributed by atoms with E-state index in [9.17, 15) is 9.59 Å². The summed E-state index contributed by atoms with van der Waals surface area (Å²) in [5.41, 5.74) is 3.91. The molecule has 0 radical (unpaired) electrons. The molecule has 0 aliphatic rings. The highest BCUT2D eigenvalue weighted by Crippen LogP contribution is 2.14. The molecule has 0 bridgehead atoms. The monoisotopic (exact) mass is 529 g/mol. The van der Waals surface area contributed by atoms with Crippen LogP contribution in [-0.4, -0.2) is 16.9 Å². The van der Waals surface area contributed by atoms with Crippen molar-refractivity contribution in [3.05, 3.63) is 98.6 Å². The number of nitrogens with one attached hydrogen (secondary N) is 3. The molecule has 3 N–H and O–H groups in total. The van der Waals surface area contributed by atoms with Gasteiger partial charge in [-0.25, -0.2) is 0 Å². The molecule has 2 amide bonds. The highest BCUT2D eigenvalue weighted by atomic mass is 127. The smallest absolute Gasteiger partial charge is 0.257 e. The van der Waals surface area contributed by atoms with E-state index in [4.69, 9.17) is 12.2 Å². The van der Waals surface area contributed by atoms with Crippen molar-refractivity contribution in [3.63, 3.8) is 0 Å². The van der Waals surface area contributed by atoms with E-state index < -0.39 is 0 Å². The van der Waals surface area contributed by atoms with Gasteiger partial charge in [-0.1, -0.05) is 36.4 Å². The highest BCUT2D eigenvalue weighted by molar-refractivity contribution is 14.1. The van der Waals surface area contributed by atoms with Gasteiger partial charge in [0, 0.05) is 26.9 Å². The van der Waals surface area contributed by atoms with Crippen LogP contribution in [0.3, 0.4) is 0 Å². The van der Waals surface area contributed by atoms with Gasteiger partial charge in [0.25, 0.3) is 11.8 Å². The number of carbonyl (C=O) groups excluding carboxylic acids is 2. The van der Waals surface area contributed by atoms with Crippen LogP contribution in [0, 0.1) is 10.5 Å². The summed E-state index contributed by atoms with van der Waals surface area (Å²) in [6.07, 6.45) is 0. The van der Waals surface area contributed by atoms with Crippen molar-refractivity contribution in [2.24, 2.45) is 0 Å². The summed E-state index contributed by atoms with van der Waals surface area (Å²) in [6, 6.07) is 22.1. The van der Waals surface area contributed by atoms with Crippen LogP contribution < -0.4 is 16.0 Å². The van der Waals surface area contributed by atoms with Crippen molar-refractivity contribution in [2.45, 2.75) is 13.5 Å². The lowest BCUT2D eigenvalue weighted by Crippen LogP contribution is -2.34. The van der Waals surface area contributed by atoms with E-state index in [-0.39, 0.29) is 16.9 Å². The summed E-state index contributed by atoms with van der Waals surface area (Å²) in [5.74, 6) is -0.433. The molecule has 7 heteroatoms. The third kappa shape index (κ3) is 6.11. The van der Waals surface area contributed by atoms with Crippen LogP contribution in [0.2, 0.25) is 0 Å². The van der Waals surface area contributed by atoms with Crippen LogP contribution in [0.4, 0.5) is 5.69 Å². The van der Waals surface area contributed by atoms with E-state index >= 15 is 0 Å². The molecule has 0 aliphatic heterocycles. The third-order valence-corrected chi connectivity index (χ3v) is 5.73. The normalized spacial score (nSPS) is 10.2. The summed E-state index contributed by atoms with van der Waals surface area (Å²) in [5, 5.41) is 8.70. The van der Waals surface area contributed by atoms with Gasteiger partial charge < -0.3 is 10.6 Å². The Balaban J connectivity index is 1.53. The maximum Gasteiger partial charge on any atom is 0.257 e. The molecular weight excluding hydrogens is 509 g/mol. The molecule has 0 aliphatic carbocycles. The molecule has 3 rings (SSSR count).